The molecule has 0 spiro atoms. The number of nitro benzene ring substituents is 3. The molecule has 4 rings (SSSR count). The summed E-state index contributed by atoms with van der Waals surface area (Å²) in [5.74, 6) is -0.638. The molecule has 0 heterocycles. The van der Waals surface area contributed by atoms with E-state index in [1.54, 1.807) is 18.2 Å². The van der Waals surface area contributed by atoms with Crippen molar-refractivity contribution >= 4 is 34.1 Å². The van der Waals surface area contributed by atoms with Gasteiger partial charge < -0.3 is 9.64 Å². The molecule has 4 aromatic carbocycles. The third kappa shape index (κ3) is 5.67. The standard InChI is InChI=1S/C28H24N4O7/c1-28(2,3)19-13-15-21(16-14-19)29(20-9-5-4-6-10-20)23-11-7-8-12-26(23)39-27-24(31(35)36)17-22(30(33)34)18-25(27)32(37)38/h4-18H,1-3H3. The Morgan fingerprint density at radius 3 is 1.69 bits per heavy atom. The van der Waals surface area contributed by atoms with Gasteiger partial charge in [-0.3, -0.25) is 30.3 Å². The Hall–Kier alpha value is -5.32. The van der Waals surface area contributed by atoms with Crippen molar-refractivity contribution in [2.24, 2.45) is 0 Å². The fourth-order valence-electron chi connectivity index (χ4n) is 4.02. The summed E-state index contributed by atoms with van der Waals surface area (Å²) in [6.45, 7) is 6.30. The van der Waals surface area contributed by atoms with Crippen LogP contribution in [0.25, 0.3) is 0 Å². The number of rotatable bonds is 8. The monoisotopic (exact) mass is 528 g/mol. The second-order valence-corrected chi connectivity index (χ2v) is 9.62. The molecule has 0 bridgehead atoms. The van der Waals surface area contributed by atoms with Crippen LogP contribution in [0.3, 0.4) is 0 Å². The second-order valence-electron chi connectivity index (χ2n) is 9.62. The number of hydrogen-bond acceptors (Lipinski definition) is 8. The zero-order valence-electron chi connectivity index (χ0n) is 21.3. The number of nitrogens with zero attached hydrogens (tertiary/aromatic N) is 4. The number of nitro groups is 3. The van der Waals surface area contributed by atoms with E-state index in [1.807, 2.05) is 59.5 Å². The molecule has 0 atom stereocenters. The van der Waals surface area contributed by atoms with Gasteiger partial charge in [0.05, 0.1) is 32.6 Å². The first kappa shape index (κ1) is 26.7. The fraction of sp³-hybridized carbons (Fsp3) is 0.143. The number of para-hydroxylation sites is 3. The normalized spacial score (nSPS) is 11.1. The summed E-state index contributed by atoms with van der Waals surface area (Å²) in [5.41, 5.74) is 0.375. The lowest BCUT2D eigenvalue weighted by Crippen LogP contribution is -2.13. The molecule has 0 aromatic heterocycles. The first-order valence-electron chi connectivity index (χ1n) is 11.8. The van der Waals surface area contributed by atoms with Crippen molar-refractivity contribution < 1.29 is 19.5 Å². The van der Waals surface area contributed by atoms with Crippen LogP contribution in [0, 0.1) is 30.3 Å². The minimum absolute atomic E-state index is 0.0707. The molecule has 0 fully saturated rings. The number of benzene rings is 4. The van der Waals surface area contributed by atoms with Gasteiger partial charge in [-0.15, -0.1) is 0 Å². The third-order valence-corrected chi connectivity index (χ3v) is 5.96. The quantitative estimate of drug-likeness (QED) is 0.165. The lowest BCUT2D eigenvalue weighted by molar-refractivity contribution is -0.404. The molecule has 0 aliphatic carbocycles. The molecule has 0 radical (unpaired) electrons. The minimum atomic E-state index is -0.946. The van der Waals surface area contributed by atoms with Crippen molar-refractivity contribution in [2.75, 3.05) is 4.90 Å². The van der Waals surface area contributed by atoms with Gasteiger partial charge in [-0.05, 0) is 47.4 Å². The van der Waals surface area contributed by atoms with E-state index in [4.69, 9.17) is 4.74 Å². The van der Waals surface area contributed by atoms with Crippen molar-refractivity contribution in [3.63, 3.8) is 0 Å². The molecule has 0 N–H and O–H groups in total. The molecular formula is C28H24N4O7. The van der Waals surface area contributed by atoms with Crippen molar-refractivity contribution in [1.82, 2.24) is 0 Å². The first-order chi connectivity index (χ1) is 18.5. The molecule has 39 heavy (non-hydrogen) atoms. The Morgan fingerprint density at radius 2 is 1.18 bits per heavy atom. The van der Waals surface area contributed by atoms with Gasteiger partial charge >= 0.3 is 11.4 Å². The summed E-state index contributed by atoms with van der Waals surface area (Å²) in [6, 6.07) is 25.0. The molecule has 198 valence electrons. The maximum atomic E-state index is 11.8. The molecule has 0 saturated heterocycles. The highest BCUT2D eigenvalue weighted by Gasteiger charge is 2.33. The topological polar surface area (TPSA) is 142 Å². The maximum absolute atomic E-state index is 11.8. The summed E-state index contributed by atoms with van der Waals surface area (Å²) in [6.07, 6.45) is 0. The van der Waals surface area contributed by atoms with E-state index in [2.05, 4.69) is 20.8 Å². The van der Waals surface area contributed by atoms with Gasteiger partial charge in [-0.25, -0.2) is 0 Å². The minimum Gasteiger partial charge on any atom is -0.442 e. The Labute approximate surface area is 223 Å². The molecule has 11 heteroatoms. The number of hydrogen-bond donors (Lipinski definition) is 0. The van der Waals surface area contributed by atoms with Crippen LogP contribution >= 0.6 is 0 Å². The molecule has 11 nitrogen and oxygen atoms in total. The van der Waals surface area contributed by atoms with Gasteiger partial charge in [0.1, 0.15) is 0 Å². The number of non-ortho nitro benzene ring substituents is 1. The highest BCUT2D eigenvalue weighted by Crippen LogP contribution is 2.47. The first-order valence-corrected chi connectivity index (χ1v) is 11.8. The maximum Gasteiger partial charge on any atom is 0.325 e. The van der Waals surface area contributed by atoms with E-state index in [0.29, 0.717) is 17.8 Å². The van der Waals surface area contributed by atoms with Crippen LogP contribution in [0.4, 0.5) is 34.1 Å². The van der Waals surface area contributed by atoms with Crippen LogP contribution in [0.1, 0.15) is 26.3 Å². The lowest BCUT2D eigenvalue weighted by Gasteiger charge is -2.28. The number of ether oxygens (including phenoxy) is 1. The van der Waals surface area contributed by atoms with Crippen molar-refractivity contribution in [2.45, 2.75) is 26.2 Å². The van der Waals surface area contributed by atoms with E-state index in [9.17, 15) is 30.3 Å². The Bertz CT molecular complexity index is 1510. The Kier molecular flexibility index (Phi) is 7.25. The molecule has 0 unspecified atom stereocenters. The Balaban J connectivity index is 1.91. The zero-order valence-corrected chi connectivity index (χ0v) is 21.3. The average molecular weight is 529 g/mol. The summed E-state index contributed by atoms with van der Waals surface area (Å²) in [7, 11) is 0. The highest BCUT2D eigenvalue weighted by atomic mass is 16.6. The van der Waals surface area contributed by atoms with Crippen LogP contribution in [-0.2, 0) is 5.41 Å². The smallest absolute Gasteiger partial charge is 0.325 e. The molecule has 0 aliphatic heterocycles. The van der Waals surface area contributed by atoms with Crippen LogP contribution in [-0.4, -0.2) is 14.8 Å². The summed E-state index contributed by atoms with van der Waals surface area (Å²) in [5, 5.41) is 34.9. The van der Waals surface area contributed by atoms with Gasteiger partial charge in [0.2, 0.25) is 0 Å². The van der Waals surface area contributed by atoms with Crippen LogP contribution in [0.5, 0.6) is 11.5 Å². The average Bonchev–Trinajstić information content (AvgIpc) is 2.90. The molecule has 0 amide bonds. The van der Waals surface area contributed by atoms with Crippen LogP contribution in [0.15, 0.2) is 91.0 Å². The van der Waals surface area contributed by atoms with E-state index in [-0.39, 0.29) is 11.2 Å². The van der Waals surface area contributed by atoms with E-state index in [1.165, 1.54) is 6.07 Å². The lowest BCUT2D eigenvalue weighted by atomic mass is 9.87. The predicted molar refractivity (Wildman–Crippen MR) is 146 cm³/mol. The largest absolute Gasteiger partial charge is 0.442 e. The van der Waals surface area contributed by atoms with E-state index in [0.717, 1.165) is 16.9 Å². The van der Waals surface area contributed by atoms with Crippen molar-refractivity contribution in [1.29, 1.82) is 0 Å². The molecule has 4 aromatic rings. The van der Waals surface area contributed by atoms with Crippen molar-refractivity contribution in [3.8, 4) is 11.5 Å². The van der Waals surface area contributed by atoms with Crippen LogP contribution < -0.4 is 9.64 Å². The van der Waals surface area contributed by atoms with Gasteiger partial charge in [-0.2, -0.15) is 0 Å². The van der Waals surface area contributed by atoms with E-state index >= 15 is 0 Å². The van der Waals surface area contributed by atoms with Gasteiger partial charge in [0.15, 0.2) is 5.75 Å². The highest BCUT2D eigenvalue weighted by molar-refractivity contribution is 5.81. The summed E-state index contributed by atoms with van der Waals surface area (Å²) < 4.78 is 5.88. The van der Waals surface area contributed by atoms with E-state index < -0.39 is 37.6 Å². The van der Waals surface area contributed by atoms with Crippen LogP contribution in [0.2, 0.25) is 0 Å². The molecule has 0 saturated carbocycles. The molecule has 0 aliphatic rings. The van der Waals surface area contributed by atoms with Gasteiger partial charge in [-0.1, -0.05) is 63.2 Å². The van der Waals surface area contributed by atoms with Gasteiger partial charge in [0, 0.05) is 11.4 Å². The van der Waals surface area contributed by atoms with Crippen molar-refractivity contribution in [3.05, 3.63) is 127 Å². The summed E-state index contributed by atoms with van der Waals surface area (Å²) >= 11 is 0. The SMILES string of the molecule is CC(C)(C)c1ccc(N(c2ccccc2)c2ccccc2Oc2c([N+](=O)[O-])cc([N+](=O)[O-])cc2[N+](=O)[O-])cc1. The molecular weight excluding hydrogens is 504 g/mol. The predicted octanol–water partition coefficient (Wildman–Crippen LogP) is 7.97. The van der Waals surface area contributed by atoms with Gasteiger partial charge in [0.25, 0.3) is 11.4 Å². The second kappa shape index (κ2) is 10.6. The summed E-state index contributed by atoms with van der Waals surface area (Å²) in [4.78, 5) is 33.9. The zero-order chi connectivity index (χ0) is 28.3. The number of anilines is 3. The third-order valence-electron chi connectivity index (χ3n) is 5.96. The Morgan fingerprint density at radius 1 is 0.667 bits per heavy atom. The fourth-order valence-corrected chi connectivity index (χ4v) is 4.02.